The van der Waals surface area contributed by atoms with Crippen LogP contribution in [0.5, 0.6) is 0 Å². The zero-order chi connectivity index (χ0) is 18.2. The molecule has 3 amide bonds. The second-order valence-electron chi connectivity index (χ2n) is 6.32. The maximum atomic E-state index is 12.0. The Morgan fingerprint density at radius 2 is 1.69 bits per heavy atom. The highest BCUT2D eigenvalue weighted by molar-refractivity contribution is 7.09. The van der Waals surface area contributed by atoms with Gasteiger partial charge in [0, 0.05) is 43.3 Å². The summed E-state index contributed by atoms with van der Waals surface area (Å²) in [4.78, 5) is 29.8. The van der Waals surface area contributed by atoms with E-state index in [1.54, 1.807) is 23.5 Å². The number of para-hydroxylation sites is 1. The van der Waals surface area contributed by atoms with Crippen molar-refractivity contribution in [2.24, 2.45) is 0 Å². The van der Waals surface area contributed by atoms with Gasteiger partial charge >= 0.3 is 6.03 Å². The number of urea groups is 1. The molecule has 0 spiro atoms. The van der Waals surface area contributed by atoms with Gasteiger partial charge in [-0.05, 0) is 30.0 Å². The van der Waals surface area contributed by atoms with Crippen LogP contribution in [0.15, 0.2) is 47.8 Å². The van der Waals surface area contributed by atoms with Gasteiger partial charge in [0.05, 0.1) is 6.54 Å². The van der Waals surface area contributed by atoms with E-state index in [9.17, 15) is 9.59 Å². The first-order valence-electron chi connectivity index (χ1n) is 8.82. The minimum absolute atomic E-state index is 0.251. The third-order valence-corrected chi connectivity index (χ3v) is 5.31. The summed E-state index contributed by atoms with van der Waals surface area (Å²) >= 11 is 1.80. The second kappa shape index (κ2) is 9.47. The molecule has 2 aromatic rings. The summed E-state index contributed by atoms with van der Waals surface area (Å²) in [5.74, 6) is -0.273. The molecule has 1 aliphatic rings. The lowest BCUT2D eigenvalue weighted by atomic mass is 10.2. The third-order valence-electron chi connectivity index (χ3n) is 4.37. The first-order valence-corrected chi connectivity index (χ1v) is 9.70. The van der Waals surface area contributed by atoms with Gasteiger partial charge in [-0.3, -0.25) is 15.0 Å². The first kappa shape index (κ1) is 18.6. The van der Waals surface area contributed by atoms with E-state index in [1.165, 1.54) is 4.88 Å². The Morgan fingerprint density at radius 1 is 0.962 bits per heavy atom. The topological polar surface area (TPSA) is 64.7 Å². The van der Waals surface area contributed by atoms with E-state index in [0.717, 1.165) is 39.1 Å². The molecule has 1 aromatic heterocycles. The fraction of sp³-hybridized carbons (Fsp3) is 0.368. The van der Waals surface area contributed by atoms with Crippen LogP contribution in [-0.2, 0) is 11.2 Å². The molecular weight excluding hydrogens is 348 g/mol. The summed E-state index contributed by atoms with van der Waals surface area (Å²) < 4.78 is 0. The summed E-state index contributed by atoms with van der Waals surface area (Å²) in [7, 11) is 0. The fourth-order valence-electron chi connectivity index (χ4n) is 2.95. The summed E-state index contributed by atoms with van der Waals surface area (Å²) in [6.07, 6.45) is 1.08. The molecule has 0 unspecified atom stereocenters. The third kappa shape index (κ3) is 5.94. The van der Waals surface area contributed by atoms with Gasteiger partial charge in [0.15, 0.2) is 0 Å². The van der Waals surface area contributed by atoms with Gasteiger partial charge in [0.25, 0.3) is 0 Å². The fourth-order valence-corrected chi connectivity index (χ4v) is 3.65. The minimum Gasteiger partial charge on any atom is -0.308 e. The molecule has 2 heterocycles. The quantitative estimate of drug-likeness (QED) is 0.816. The summed E-state index contributed by atoms with van der Waals surface area (Å²) in [6.45, 7) is 4.90. The van der Waals surface area contributed by atoms with Gasteiger partial charge in [-0.1, -0.05) is 24.3 Å². The molecule has 0 bridgehead atoms. The Balaban J connectivity index is 1.33. The zero-order valence-corrected chi connectivity index (χ0v) is 15.5. The number of piperazine rings is 1. The maximum absolute atomic E-state index is 12.0. The van der Waals surface area contributed by atoms with Gasteiger partial charge in [-0.25, -0.2) is 4.79 Å². The van der Waals surface area contributed by atoms with E-state index in [1.807, 2.05) is 18.2 Å². The van der Waals surface area contributed by atoms with E-state index in [4.69, 9.17) is 0 Å². The number of nitrogens with zero attached hydrogens (tertiary/aromatic N) is 2. The predicted molar refractivity (Wildman–Crippen MR) is 105 cm³/mol. The van der Waals surface area contributed by atoms with E-state index >= 15 is 0 Å². The number of carbonyl (C=O) groups excluding carboxylic acids is 2. The highest BCUT2D eigenvalue weighted by Crippen LogP contribution is 2.11. The number of hydrogen-bond donors (Lipinski definition) is 2. The number of nitrogens with one attached hydrogen (secondary N) is 2. The van der Waals surface area contributed by atoms with Crippen LogP contribution in [0.2, 0.25) is 0 Å². The van der Waals surface area contributed by atoms with Crippen molar-refractivity contribution in [1.82, 2.24) is 15.1 Å². The van der Waals surface area contributed by atoms with E-state index in [-0.39, 0.29) is 12.5 Å². The van der Waals surface area contributed by atoms with Crippen LogP contribution in [0.3, 0.4) is 0 Å². The molecule has 0 radical (unpaired) electrons. The molecule has 7 heteroatoms. The summed E-state index contributed by atoms with van der Waals surface area (Å²) in [5, 5.41) is 7.15. The molecule has 1 saturated heterocycles. The molecule has 138 valence electrons. The molecule has 1 aromatic carbocycles. The smallest absolute Gasteiger partial charge is 0.308 e. The van der Waals surface area contributed by atoms with Crippen molar-refractivity contribution >= 4 is 29.0 Å². The lowest BCUT2D eigenvalue weighted by molar-refractivity contribution is -0.121. The molecule has 0 aliphatic carbocycles. The minimum atomic E-state index is -0.490. The maximum Gasteiger partial charge on any atom is 0.325 e. The van der Waals surface area contributed by atoms with Crippen LogP contribution in [0.4, 0.5) is 10.5 Å². The Morgan fingerprint density at radius 3 is 2.38 bits per heavy atom. The normalized spacial score (nSPS) is 15.5. The highest BCUT2D eigenvalue weighted by atomic mass is 32.1. The molecule has 26 heavy (non-hydrogen) atoms. The van der Waals surface area contributed by atoms with Crippen LogP contribution in [0, 0.1) is 0 Å². The Bertz CT molecular complexity index is 698. The highest BCUT2D eigenvalue weighted by Gasteiger charge is 2.19. The Hall–Kier alpha value is -2.22. The largest absolute Gasteiger partial charge is 0.325 e. The molecular formula is C19H24N4O2S. The van der Waals surface area contributed by atoms with E-state index in [2.05, 4.69) is 37.9 Å². The van der Waals surface area contributed by atoms with Crippen molar-refractivity contribution < 1.29 is 9.59 Å². The molecule has 0 saturated carbocycles. The summed E-state index contributed by atoms with van der Waals surface area (Å²) in [5.41, 5.74) is 0.664. The first-order chi connectivity index (χ1) is 12.7. The van der Waals surface area contributed by atoms with Crippen molar-refractivity contribution in [2.75, 3.05) is 44.6 Å². The molecule has 2 N–H and O–H groups in total. The van der Waals surface area contributed by atoms with Crippen LogP contribution >= 0.6 is 11.3 Å². The molecule has 0 atom stereocenters. The lowest BCUT2D eigenvalue weighted by Gasteiger charge is -2.34. The van der Waals surface area contributed by atoms with Gasteiger partial charge in [0.2, 0.25) is 5.91 Å². The summed E-state index contributed by atoms with van der Waals surface area (Å²) in [6, 6.07) is 12.9. The van der Waals surface area contributed by atoms with Crippen molar-refractivity contribution in [3.8, 4) is 0 Å². The van der Waals surface area contributed by atoms with Crippen LogP contribution in [-0.4, -0.2) is 61.0 Å². The number of imide groups is 1. The number of rotatable bonds is 6. The predicted octanol–water partition coefficient (Wildman–Crippen LogP) is 2.26. The van der Waals surface area contributed by atoms with Crippen molar-refractivity contribution in [2.45, 2.75) is 6.42 Å². The number of benzene rings is 1. The van der Waals surface area contributed by atoms with E-state index in [0.29, 0.717) is 5.69 Å². The van der Waals surface area contributed by atoms with Gasteiger partial charge < -0.3 is 10.2 Å². The lowest BCUT2D eigenvalue weighted by Crippen LogP contribution is -2.50. The van der Waals surface area contributed by atoms with E-state index < -0.39 is 6.03 Å². The molecule has 6 nitrogen and oxygen atoms in total. The van der Waals surface area contributed by atoms with Crippen molar-refractivity contribution in [3.63, 3.8) is 0 Å². The van der Waals surface area contributed by atoms with Gasteiger partial charge in [-0.2, -0.15) is 0 Å². The van der Waals surface area contributed by atoms with Crippen molar-refractivity contribution in [3.05, 3.63) is 52.7 Å². The molecule has 3 rings (SSSR count). The van der Waals surface area contributed by atoms with Crippen molar-refractivity contribution in [1.29, 1.82) is 0 Å². The standard InChI is InChI=1S/C19H24N4O2S/c24-18(21-19(25)20-16-5-2-1-3-6-16)15-23-12-10-22(11-13-23)9-8-17-7-4-14-26-17/h1-7,14H,8-13,15H2,(H2,20,21,24,25). The zero-order valence-electron chi connectivity index (χ0n) is 14.7. The SMILES string of the molecule is O=C(CN1CCN(CCc2cccs2)CC1)NC(=O)Nc1ccccc1. The Kier molecular flexibility index (Phi) is 6.76. The number of amides is 3. The molecule has 1 aliphatic heterocycles. The van der Waals surface area contributed by atoms with Crippen LogP contribution < -0.4 is 10.6 Å². The average Bonchev–Trinajstić information content (AvgIpc) is 3.15. The van der Waals surface area contributed by atoms with Crippen LogP contribution in [0.1, 0.15) is 4.88 Å². The monoisotopic (exact) mass is 372 g/mol. The van der Waals surface area contributed by atoms with Gasteiger partial charge in [0.1, 0.15) is 0 Å². The second-order valence-corrected chi connectivity index (χ2v) is 7.35. The molecule has 1 fully saturated rings. The average molecular weight is 372 g/mol. The number of thiophene rings is 1. The number of anilines is 1. The van der Waals surface area contributed by atoms with Crippen LogP contribution in [0.25, 0.3) is 0 Å². The Labute approximate surface area is 157 Å². The number of carbonyl (C=O) groups is 2. The number of hydrogen-bond acceptors (Lipinski definition) is 5. The van der Waals surface area contributed by atoms with Gasteiger partial charge in [-0.15, -0.1) is 11.3 Å².